The van der Waals surface area contributed by atoms with E-state index in [2.05, 4.69) is 45.4 Å². The second-order valence-corrected chi connectivity index (χ2v) is 7.75. The Morgan fingerprint density at radius 3 is 2.72 bits per heavy atom. The average Bonchev–Trinajstić information content (AvgIpc) is 2.98. The summed E-state index contributed by atoms with van der Waals surface area (Å²) in [4.78, 5) is 2.54. The lowest BCUT2D eigenvalue weighted by Gasteiger charge is -2.36. The van der Waals surface area contributed by atoms with Crippen molar-refractivity contribution in [1.82, 2.24) is 15.2 Å². The van der Waals surface area contributed by atoms with Gasteiger partial charge in [0, 0.05) is 39.3 Å². The molecule has 1 N–H and O–H groups in total. The number of anilines is 1. The summed E-state index contributed by atoms with van der Waals surface area (Å²) in [6.07, 6.45) is 2.62. The number of rotatable bonds is 5. The van der Waals surface area contributed by atoms with Crippen LogP contribution in [0.25, 0.3) is 0 Å². The predicted molar refractivity (Wildman–Crippen MR) is 102 cm³/mol. The maximum Gasteiger partial charge on any atom is 0.0594 e. The van der Waals surface area contributed by atoms with Gasteiger partial charge in [-0.1, -0.05) is 12.1 Å². The zero-order chi connectivity index (χ0) is 17.1. The van der Waals surface area contributed by atoms with Gasteiger partial charge in [-0.15, -0.1) is 0 Å². The molecule has 0 spiro atoms. The molecule has 5 heteroatoms. The average molecular weight is 345 g/mol. The normalized spacial score (nSPS) is 23.2. The fraction of sp³-hybridized carbons (Fsp3) is 0.700. The van der Waals surface area contributed by atoms with Crippen LogP contribution in [-0.4, -0.2) is 68.9 Å². The third kappa shape index (κ3) is 4.17. The van der Waals surface area contributed by atoms with Gasteiger partial charge in [-0.2, -0.15) is 0 Å². The number of nitrogens with zero attached hydrogens (tertiary/aromatic N) is 3. The maximum absolute atomic E-state index is 5.49. The molecule has 0 aromatic heterocycles. The molecule has 2 saturated heterocycles. The highest BCUT2D eigenvalue weighted by atomic mass is 16.5. The molecule has 2 fully saturated rings. The molecule has 0 amide bonds. The monoisotopic (exact) mass is 344 g/mol. The number of aryl methyl sites for hydroxylation is 1. The summed E-state index contributed by atoms with van der Waals surface area (Å²) in [6, 6.07) is 6.96. The van der Waals surface area contributed by atoms with Crippen LogP contribution in [-0.2, 0) is 11.3 Å². The number of ether oxygens (including phenoxy) is 1. The number of benzene rings is 1. The van der Waals surface area contributed by atoms with E-state index in [-0.39, 0.29) is 0 Å². The quantitative estimate of drug-likeness (QED) is 0.881. The van der Waals surface area contributed by atoms with Crippen molar-refractivity contribution in [3.63, 3.8) is 0 Å². The van der Waals surface area contributed by atoms with Gasteiger partial charge in [0.1, 0.15) is 0 Å². The Morgan fingerprint density at radius 2 is 1.92 bits per heavy atom. The van der Waals surface area contributed by atoms with Crippen molar-refractivity contribution in [3.05, 3.63) is 29.3 Å². The second-order valence-electron chi connectivity index (χ2n) is 7.75. The number of hydrogen-bond acceptors (Lipinski definition) is 5. The number of morpholine rings is 1. The summed E-state index contributed by atoms with van der Waals surface area (Å²) >= 11 is 0. The molecule has 3 heterocycles. The predicted octanol–water partition coefficient (Wildman–Crippen LogP) is 1.86. The van der Waals surface area contributed by atoms with Gasteiger partial charge in [-0.05, 0) is 56.0 Å². The second kappa shape index (κ2) is 8.04. The molecule has 0 atom stereocenters. The molecule has 0 unspecified atom stereocenters. The smallest absolute Gasteiger partial charge is 0.0594 e. The lowest BCUT2D eigenvalue weighted by Crippen LogP contribution is -2.47. The van der Waals surface area contributed by atoms with Gasteiger partial charge in [0.25, 0.3) is 0 Å². The summed E-state index contributed by atoms with van der Waals surface area (Å²) in [5, 5.41) is 8.67. The third-order valence-electron chi connectivity index (χ3n) is 5.87. The molecular formula is C20H32N4O. The number of hydrazine groups is 1. The van der Waals surface area contributed by atoms with Gasteiger partial charge < -0.3 is 15.1 Å². The minimum atomic E-state index is 0.822. The molecular weight excluding hydrogens is 312 g/mol. The topological polar surface area (TPSA) is 31.0 Å². The van der Waals surface area contributed by atoms with Crippen LogP contribution in [0.1, 0.15) is 24.0 Å². The summed E-state index contributed by atoms with van der Waals surface area (Å²) in [6.45, 7) is 12.9. The first kappa shape index (κ1) is 17.3. The molecule has 1 aromatic carbocycles. The largest absolute Gasteiger partial charge is 0.379 e. The van der Waals surface area contributed by atoms with Crippen molar-refractivity contribution in [2.24, 2.45) is 5.92 Å². The standard InChI is InChI=1S/C20H32N4O/c1-17-2-3-19-16-23(15-18-4-6-21-7-5-18)24(20(19)14-17)9-8-22-10-12-25-13-11-22/h2-3,14,18,21H,4-13,15-16H2,1H3. The number of nitrogens with one attached hydrogen (secondary N) is 1. The number of fused-ring (bicyclic) bond motifs is 1. The summed E-state index contributed by atoms with van der Waals surface area (Å²) in [5.74, 6) is 0.822. The highest BCUT2D eigenvalue weighted by molar-refractivity contribution is 5.57. The van der Waals surface area contributed by atoms with E-state index < -0.39 is 0 Å². The zero-order valence-electron chi connectivity index (χ0n) is 15.5. The molecule has 25 heavy (non-hydrogen) atoms. The van der Waals surface area contributed by atoms with Crippen LogP contribution in [0.15, 0.2) is 18.2 Å². The van der Waals surface area contributed by atoms with E-state index in [1.54, 1.807) is 0 Å². The molecule has 0 aliphatic carbocycles. The highest BCUT2D eigenvalue weighted by Gasteiger charge is 2.29. The van der Waals surface area contributed by atoms with Crippen LogP contribution in [0, 0.1) is 12.8 Å². The SMILES string of the molecule is Cc1ccc2c(c1)N(CCN1CCOCC1)N(CC1CCNCC1)C2. The Labute approximate surface area is 151 Å². The molecule has 4 rings (SSSR count). The molecule has 5 nitrogen and oxygen atoms in total. The Hall–Kier alpha value is -1.14. The van der Waals surface area contributed by atoms with E-state index in [0.29, 0.717) is 0 Å². The van der Waals surface area contributed by atoms with E-state index in [1.165, 1.54) is 49.3 Å². The van der Waals surface area contributed by atoms with Gasteiger partial charge in [0.15, 0.2) is 0 Å². The van der Waals surface area contributed by atoms with E-state index >= 15 is 0 Å². The van der Waals surface area contributed by atoms with E-state index in [4.69, 9.17) is 4.74 Å². The summed E-state index contributed by atoms with van der Waals surface area (Å²) in [7, 11) is 0. The van der Waals surface area contributed by atoms with Gasteiger partial charge in [0.05, 0.1) is 18.9 Å². The molecule has 0 saturated carbocycles. The molecule has 0 bridgehead atoms. The molecule has 0 radical (unpaired) electrons. The van der Waals surface area contributed by atoms with E-state index in [9.17, 15) is 0 Å². The van der Waals surface area contributed by atoms with Crippen LogP contribution in [0.5, 0.6) is 0 Å². The summed E-state index contributed by atoms with van der Waals surface area (Å²) < 4.78 is 5.49. The third-order valence-corrected chi connectivity index (χ3v) is 5.87. The van der Waals surface area contributed by atoms with E-state index in [1.807, 2.05) is 0 Å². The molecule has 3 aliphatic heterocycles. The Kier molecular flexibility index (Phi) is 5.56. The van der Waals surface area contributed by atoms with Crippen LogP contribution >= 0.6 is 0 Å². The van der Waals surface area contributed by atoms with Crippen molar-refractivity contribution >= 4 is 5.69 Å². The number of piperidine rings is 1. The van der Waals surface area contributed by atoms with Gasteiger partial charge in [-0.25, -0.2) is 5.01 Å². The first-order valence-electron chi connectivity index (χ1n) is 9.92. The van der Waals surface area contributed by atoms with Crippen molar-refractivity contribution in [3.8, 4) is 0 Å². The lowest BCUT2D eigenvalue weighted by atomic mass is 9.98. The van der Waals surface area contributed by atoms with Crippen molar-refractivity contribution in [2.45, 2.75) is 26.3 Å². The van der Waals surface area contributed by atoms with Crippen molar-refractivity contribution in [1.29, 1.82) is 0 Å². The van der Waals surface area contributed by atoms with Crippen molar-refractivity contribution < 1.29 is 4.74 Å². The Balaban J connectivity index is 1.45. The zero-order valence-corrected chi connectivity index (χ0v) is 15.5. The number of hydrogen-bond donors (Lipinski definition) is 1. The minimum absolute atomic E-state index is 0.822. The minimum Gasteiger partial charge on any atom is -0.379 e. The van der Waals surface area contributed by atoms with Crippen molar-refractivity contribution in [2.75, 3.05) is 64.0 Å². The first-order valence-corrected chi connectivity index (χ1v) is 9.92. The van der Waals surface area contributed by atoms with Gasteiger partial charge in [0.2, 0.25) is 0 Å². The fourth-order valence-electron chi connectivity index (χ4n) is 4.33. The van der Waals surface area contributed by atoms with Gasteiger partial charge >= 0.3 is 0 Å². The van der Waals surface area contributed by atoms with Crippen LogP contribution in [0.3, 0.4) is 0 Å². The van der Waals surface area contributed by atoms with Gasteiger partial charge in [-0.3, -0.25) is 4.90 Å². The van der Waals surface area contributed by atoms with Crippen LogP contribution < -0.4 is 10.3 Å². The van der Waals surface area contributed by atoms with E-state index in [0.717, 1.165) is 51.9 Å². The maximum atomic E-state index is 5.49. The first-order chi connectivity index (χ1) is 12.3. The molecule has 1 aromatic rings. The fourth-order valence-corrected chi connectivity index (χ4v) is 4.33. The lowest BCUT2D eigenvalue weighted by molar-refractivity contribution is 0.0374. The Bertz CT molecular complexity index is 567. The highest BCUT2D eigenvalue weighted by Crippen LogP contribution is 2.33. The van der Waals surface area contributed by atoms with Crippen LogP contribution in [0.4, 0.5) is 5.69 Å². The Morgan fingerprint density at radius 1 is 1.12 bits per heavy atom. The van der Waals surface area contributed by atoms with Crippen LogP contribution in [0.2, 0.25) is 0 Å². The summed E-state index contributed by atoms with van der Waals surface area (Å²) in [5.41, 5.74) is 4.28. The molecule has 3 aliphatic rings. The molecule has 138 valence electrons.